The molecule has 7 nitrogen and oxygen atoms in total. The van der Waals surface area contributed by atoms with Crippen molar-refractivity contribution < 1.29 is 9.34 Å². The van der Waals surface area contributed by atoms with Crippen LogP contribution in [-0.4, -0.2) is 15.0 Å². The Bertz CT molecular complexity index is 1310. The summed E-state index contributed by atoms with van der Waals surface area (Å²) in [5.74, 6) is 1.29. The smallest absolute Gasteiger partial charge is 0.269 e. The van der Waals surface area contributed by atoms with Gasteiger partial charge in [0.2, 0.25) is 0 Å². The first kappa shape index (κ1) is 21.1. The molecule has 2 aromatic carbocycles. The third kappa shape index (κ3) is 4.06. The Hall–Kier alpha value is -3.75. The number of furan rings is 1. The van der Waals surface area contributed by atoms with Crippen LogP contribution in [0.4, 0.5) is 11.4 Å². The number of nitro groups is 1. The van der Waals surface area contributed by atoms with E-state index in [-0.39, 0.29) is 17.8 Å². The number of thiocarbonyl (C=S) groups is 1. The molecule has 1 fully saturated rings. The van der Waals surface area contributed by atoms with Gasteiger partial charge in [-0.1, -0.05) is 17.7 Å². The number of anilines is 1. The van der Waals surface area contributed by atoms with Crippen LogP contribution in [0.1, 0.15) is 23.5 Å². The number of rotatable bonds is 5. The predicted octanol–water partition coefficient (Wildman–Crippen LogP) is 6.08. The molecule has 2 aromatic heterocycles. The predicted molar refractivity (Wildman–Crippen MR) is 130 cm³/mol. The molecule has 164 valence electrons. The van der Waals surface area contributed by atoms with Gasteiger partial charge in [-0.15, -0.1) is 0 Å². The van der Waals surface area contributed by atoms with Crippen molar-refractivity contribution >= 4 is 40.3 Å². The first-order valence-corrected chi connectivity index (χ1v) is 10.9. The van der Waals surface area contributed by atoms with Crippen molar-refractivity contribution in [2.45, 2.75) is 12.1 Å². The Kier molecular flexibility index (Phi) is 5.53. The third-order valence-corrected chi connectivity index (χ3v) is 6.05. The highest BCUT2D eigenvalue weighted by Gasteiger charge is 2.42. The van der Waals surface area contributed by atoms with E-state index in [1.54, 1.807) is 18.3 Å². The summed E-state index contributed by atoms with van der Waals surface area (Å²) in [5.41, 5.74) is 2.47. The molecule has 5 rings (SSSR count). The molecule has 0 bridgehead atoms. The van der Waals surface area contributed by atoms with Gasteiger partial charge >= 0.3 is 0 Å². The van der Waals surface area contributed by atoms with Crippen molar-refractivity contribution in [1.29, 1.82) is 0 Å². The number of nitrogens with one attached hydrogen (secondary N) is 1. The highest BCUT2D eigenvalue weighted by atomic mass is 35.5. The monoisotopic (exact) mass is 476 g/mol. The maximum absolute atomic E-state index is 11.0. The number of non-ortho nitro benzene ring substituents is 1. The molecule has 0 saturated carbocycles. The zero-order valence-corrected chi connectivity index (χ0v) is 18.7. The van der Waals surface area contributed by atoms with Crippen LogP contribution in [0.2, 0.25) is 5.02 Å². The molecular weight excluding hydrogens is 460 g/mol. The molecule has 9 heteroatoms. The first-order chi connectivity index (χ1) is 16.0. The second-order valence-corrected chi connectivity index (χ2v) is 8.30. The largest absolute Gasteiger partial charge is 0.459 e. The van der Waals surface area contributed by atoms with E-state index in [4.69, 9.17) is 28.2 Å². The van der Waals surface area contributed by atoms with Crippen LogP contribution in [0, 0.1) is 10.1 Å². The summed E-state index contributed by atoms with van der Waals surface area (Å²) in [6.45, 7) is 0. The van der Waals surface area contributed by atoms with Gasteiger partial charge in [0.1, 0.15) is 17.6 Å². The molecule has 0 aliphatic carbocycles. The lowest BCUT2D eigenvalue weighted by Gasteiger charge is -2.26. The summed E-state index contributed by atoms with van der Waals surface area (Å²) in [6.07, 6.45) is 1.74. The standard InChI is InChI=1S/C24H17ClN4O3S/c25-16-6-10-17(11-7-16)28-23(22(27-24(28)33)19-3-1-2-14-26-19)21-13-12-20(32-21)15-4-8-18(9-5-15)29(30)31/h1-14,22-23H,(H,27,33). The van der Waals surface area contributed by atoms with E-state index in [2.05, 4.69) is 10.3 Å². The Morgan fingerprint density at radius 1 is 1.03 bits per heavy atom. The van der Waals surface area contributed by atoms with Crippen molar-refractivity contribution in [1.82, 2.24) is 10.3 Å². The summed E-state index contributed by atoms with van der Waals surface area (Å²) >= 11 is 11.8. The summed E-state index contributed by atoms with van der Waals surface area (Å²) in [5, 5.41) is 15.5. The average Bonchev–Trinajstić information content (AvgIpc) is 3.45. The SMILES string of the molecule is O=[N+]([O-])c1ccc(-c2ccc(C3C(c4ccccn4)NC(=S)N3c3ccc(Cl)cc3)o2)cc1. The van der Waals surface area contributed by atoms with E-state index in [0.29, 0.717) is 21.7 Å². The van der Waals surface area contributed by atoms with Crippen LogP contribution in [-0.2, 0) is 0 Å². The molecule has 2 unspecified atom stereocenters. The topological polar surface area (TPSA) is 84.4 Å². The Balaban J connectivity index is 1.56. The Labute approximate surface area is 199 Å². The zero-order valence-electron chi connectivity index (χ0n) is 17.1. The average molecular weight is 477 g/mol. The van der Waals surface area contributed by atoms with Gasteiger partial charge in [-0.3, -0.25) is 15.1 Å². The fourth-order valence-electron chi connectivity index (χ4n) is 3.94. The zero-order chi connectivity index (χ0) is 22.9. The molecule has 2 atom stereocenters. The molecule has 1 aliphatic heterocycles. The lowest BCUT2D eigenvalue weighted by molar-refractivity contribution is -0.384. The van der Waals surface area contributed by atoms with Gasteiger partial charge in [0.15, 0.2) is 5.11 Å². The lowest BCUT2D eigenvalue weighted by atomic mass is 10.0. The molecule has 0 radical (unpaired) electrons. The van der Waals surface area contributed by atoms with E-state index < -0.39 is 4.92 Å². The fraction of sp³-hybridized carbons (Fsp3) is 0.0833. The minimum Gasteiger partial charge on any atom is -0.459 e. The number of halogens is 1. The maximum Gasteiger partial charge on any atom is 0.269 e. The summed E-state index contributed by atoms with van der Waals surface area (Å²) in [6, 6.07) is 22.6. The van der Waals surface area contributed by atoms with E-state index in [1.165, 1.54) is 12.1 Å². The van der Waals surface area contributed by atoms with Crippen molar-refractivity contribution in [3.05, 3.63) is 112 Å². The maximum atomic E-state index is 11.0. The Morgan fingerprint density at radius 2 is 1.79 bits per heavy atom. The highest BCUT2D eigenvalue weighted by Crippen LogP contribution is 2.43. The summed E-state index contributed by atoms with van der Waals surface area (Å²) in [4.78, 5) is 17.1. The first-order valence-electron chi connectivity index (χ1n) is 10.1. The van der Waals surface area contributed by atoms with Gasteiger partial charge in [-0.2, -0.15) is 0 Å². The highest BCUT2D eigenvalue weighted by molar-refractivity contribution is 7.80. The van der Waals surface area contributed by atoms with Gasteiger partial charge in [0, 0.05) is 34.6 Å². The summed E-state index contributed by atoms with van der Waals surface area (Å²) < 4.78 is 6.26. The van der Waals surface area contributed by atoms with E-state index >= 15 is 0 Å². The second kappa shape index (κ2) is 8.65. The van der Waals surface area contributed by atoms with Gasteiger partial charge in [-0.25, -0.2) is 0 Å². The second-order valence-electron chi connectivity index (χ2n) is 7.48. The van der Waals surface area contributed by atoms with E-state index in [9.17, 15) is 10.1 Å². The Morgan fingerprint density at radius 3 is 2.45 bits per heavy atom. The lowest BCUT2D eigenvalue weighted by Crippen LogP contribution is -2.29. The molecule has 4 aromatic rings. The van der Waals surface area contributed by atoms with Crippen molar-refractivity contribution in [2.75, 3.05) is 4.90 Å². The van der Waals surface area contributed by atoms with E-state index in [0.717, 1.165) is 16.9 Å². The number of hydrogen-bond acceptors (Lipinski definition) is 5. The van der Waals surface area contributed by atoms with Gasteiger partial charge in [0.25, 0.3) is 5.69 Å². The van der Waals surface area contributed by atoms with Crippen LogP contribution in [0.5, 0.6) is 0 Å². The van der Waals surface area contributed by atoms with Gasteiger partial charge < -0.3 is 14.6 Å². The number of nitro benzene ring substituents is 1. The van der Waals surface area contributed by atoms with Gasteiger partial charge in [0.05, 0.1) is 16.7 Å². The van der Waals surface area contributed by atoms with Crippen LogP contribution in [0.25, 0.3) is 11.3 Å². The number of nitrogens with zero attached hydrogens (tertiary/aromatic N) is 3. The fourth-order valence-corrected chi connectivity index (χ4v) is 4.41. The van der Waals surface area contributed by atoms with E-state index in [1.807, 2.05) is 59.5 Å². The minimum atomic E-state index is -0.427. The van der Waals surface area contributed by atoms with Crippen LogP contribution in [0.3, 0.4) is 0 Å². The molecule has 0 spiro atoms. The minimum absolute atomic E-state index is 0.0278. The molecule has 1 saturated heterocycles. The quantitative estimate of drug-likeness (QED) is 0.212. The molecular formula is C24H17ClN4O3S. The molecule has 0 amide bonds. The molecule has 33 heavy (non-hydrogen) atoms. The third-order valence-electron chi connectivity index (χ3n) is 5.48. The van der Waals surface area contributed by atoms with Crippen LogP contribution < -0.4 is 10.2 Å². The molecule has 1 aliphatic rings. The molecule has 1 N–H and O–H groups in total. The summed E-state index contributed by atoms with van der Waals surface area (Å²) in [7, 11) is 0. The number of aromatic nitrogens is 1. The van der Waals surface area contributed by atoms with Crippen molar-refractivity contribution in [3.63, 3.8) is 0 Å². The molecule has 3 heterocycles. The van der Waals surface area contributed by atoms with Crippen LogP contribution >= 0.6 is 23.8 Å². The number of benzene rings is 2. The van der Waals surface area contributed by atoms with Crippen molar-refractivity contribution in [2.24, 2.45) is 0 Å². The van der Waals surface area contributed by atoms with Gasteiger partial charge in [-0.05, 0) is 72.9 Å². The number of hydrogen-bond donors (Lipinski definition) is 1. The van der Waals surface area contributed by atoms with Crippen LogP contribution in [0.15, 0.2) is 89.5 Å². The van der Waals surface area contributed by atoms with Crippen molar-refractivity contribution in [3.8, 4) is 11.3 Å². The normalized spacial score (nSPS) is 17.7. The number of pyridine rings is 1.